The molecule has 0 fully saturated rings. The summed E-state index contributed by atoms with van der Waals surface area (Å²) in [7, 11) is 0. The van der Waals surface area contributed by atoms with Crippen molar-refractivity contribution in [3.63, 3.8) is 0 Å². The molecule has 0 heterocycles. The van der Waals surface area contributed by atoms with Gasteiger partial charge in [-0.3, -0.25) is 10.1 Å². The van der Waals surface area contributed by atoms with Gasteiger partial charge >= 0.3 is 11.7 Å². The summed E-state index contributed by atoms with van der Waals surface area (Å²) in [5, 5.41) is 10.8. The number of esters is 1. The Morgan fingerprint density at radius 1 is 1.10 bits per heavy atom. The van der Waals surface area contributed by atoms with Crippen LogP contribution in [0.3, 0.4) is 0 Å². The Bertz CT molecular complexity index is 669. The van der Waals surface area contributed by atoms with Gasteiger partial charge in [0.2, 0.25) is 5.75 Å². The summed E-state index contributed by atoms with van der Waals surface area (Å²) in [6, 6.07) is 12.9. The van der Waals surface area contributed by atoms with Gasteiger partial charge in [0.15, 0.2) is 6.61 Å². The van der Waals surface area contributed by atoms with Crippen molar-refractivity contribution < 1.29 is 19.2 Å². The first kappa shape index (κ1) is 14.5. The van der Waals surface area contributed by atoms with Gasteiger partial charge in [-0.05, 0) is 24.6 Å². The van der Waals surface area contributed by atoms with Crippen molar-refractivity contribution in [2.45, 2.75) is 6.92 Å². The topological polar surface area (TPSA) is 78.7 Å². The molecule has 0 aliphatic rings. The molecule has 0 saturated carbocycles. The number of carbonyl (C=O) groups is 1. The molecule has 21 heavy (non-hydrogen) atoms. The SMILES string of the molecule is Cc1ccccc1OCC(=O)Oc1ccccc1[N+](=O)[O-]. The van der Waals surface area contributed by atoms with E-state index in [-0.39, 0.29) is 18.0 Å². The van der Waals surface area contributed by atoms with Crippen LogP contribution in [0.2, 0.25) is 0 Å². The van der Waals surface area contributed by atoms with Crippen LogP contribution >= 0.6 is 0 Å². The van der Waals surface area contributed by atoms with Crippen LogP contribution in [0.25, 0.3) is 0 Å². The van der Waals surface area contributed by atoms with Crippen molar-refractivity contribution in [1.82, 2.24) is 0 Å². The van der Waals surface area contributed by atoms with Crippen molar-refractivity contribution in [3.05, 3.63) is 64.2 Å². The molecule has 0 atom stereocenters. The first-order valence-corrected chi connectivity index (χ1v) is 6.20. The molecule has 0 aromatic heterocycles. The van der Waals surface area contributed by atoms with E-state index in [1.807, 2.05) is 19.1 Å². The third-order valence-electron chi connectivity index (χ3n) is 2.72. The molecule has 2 rings (SSSR count). The van der Waals surface area contributed by atoms with Gasteiger partial charge < -0.3 is 9.47 Å². The molecule has 0 amide bonds. The highest BCUT2D eigenvalue weighted by atomic mass is 16.6. The van der Waals surface area contributed by atoms with Gasteiger partial charge in [0.1, 0.15) is 5.75 Å². The van der Waals surface area contributed by atoms with Gasteiger partial charge in [-0.15, -0.1) is 0 Å². The van der Waals surface area contributed by atoms with Gasteiger partial charge in [-0.1, -0.05) is 30.3 Å². The van der Waals surface area contributed by atoms with Crippen molar-refractivity contribution in [1.29, 1.82) is 0 Å². The predicted molar refractivity (Wildman–Crippen MR) is 75.4 cm³/mol. The molecule has 0 unspecified atom stereocenters. The number of ether oxygens (including phenoxy) is 2. The molecule has 0 aliphatic heterocycles. The Morgan fingerprint density at radius 2 is 1.71 bits per heavy atom. The number of aryl methyl sites for hydroxylation is 1. The minimum absolute atomic E-state index is 0.0964. The van der Waals surface area contributed by atoms with E-state index >= 15 is 0 Å². The summed E-state index contributed by atoms with van der Waals surface area (Å²) in [5.74, 6) is -0.231. The van der Waals surface area contributed by atoms with Crippen LogP contribution < -0.4 is 9.47 Å². The van der Waals surface area contributed by atoms with E-state index in [1.54, 1.807) is 18.2 Å². The number of nitro benzene ring substituents is 1. The van der Waals surface area contributed by atoms with E-state index in [1.165, 1.54) is 18.2 Å². The first-order valence-electron chi connectivity index (χ1n) is 6.20. The van der Waals surface area contributed by atoms with Gasteiger partial charge in [-0.25, -0.2) is 4.79 Å². The lowest BCUT2D eigenvalue weighted by atomic mass is 10.2. The second-order valence-electron chi connectivity index (χ2n) is 4.25. The molecule has 0 bridgehead atoms. The van der Waals surface area contributed by atoms with E-state index in [4.69, 9.17) is 9.47 Å². The highest BCUT2D eigenvalue weighted by Gasteiger charge is 2.17. The molecular formula is C15H13NO5. The van der Waals surface area contributed by atoms with Crippen molar-refractivity contribution in [2.75, 3.05) is 6.61 Å². The van der Waals surface area contributed by atoms with E-state index in [0.717, 1.165) is 5.56 Å². The molecular weight excluding hydrogens is 274 g/mol. The summed E-state index contributed by atoms with van der Waals surface area (Å²) < 4.78 is 10.3. The third-order valence-corrected chi connectivity index (χ3v) is 2.72. The zero-order chi connectivity index (χ0) is 15.2. The van der Waals surface area contributed by atoms with Crippen molar-refractivity contribution in [3.8, 4) is 11.5 Å². The minimum atomic E-state index is -0.701. The summed E-state index contributed by atoms with van der Waals surface area (Å²) in [4.78, 5) is 21.9. The predicted octanol–water partition coefficient (Wildman–Crippen LogP) is 2.89. The van der Waals surface area contributed by atoms with Gasteiger partial charge in [0.05, 0.1) is 4.92 Å². The van der Waals surface area contributed by atoms with Crippen molar-refractivity contribution in [2.24, 2.45) is 0 Å². The second kappa shape index (κ2) is 6.51. The van der Waals surface area contributed by atoms with E-state index < -0.39 is 10.9 Å². The summed E-state index contributed by atoms with van der Waals surface area (Å²) in [5.41, 5.74) is 0.623. The molecule has 0 saturated heterocycles. The van der Waals surface area contributed by atoms with Gasteiger partial charge in [0, 0.05) is 6.07 Å². The summed E-state index contributed by atoms with van der Waals surface area (Å²) in [6.45, 7) is 1.53. The van der Waals surface area contributed by atoms with Crippen LogP contribution in [0.5, 0.6) is 11.5 Å². The summed E-state index contributed by atoms with van der Waals surface area (Å²) >= 11 is 0. The van der Waals surface area contributed by atoms with E-state index in [2.05, 4.69) is 0 Å². The number of carbonyl (C=O) groups excluding carboxylic acids is 1. The number of para-hydroxylation sites is 3. The Kier molecular flexibility index (Phi) is 4.50. The Morgan fingerprint density at radius 3 is 2.38 bits per heavy atom. The Balaban J connectivity index is 2.00. The maximum atomic E-state index is 11.7. The number of nitrogens with zero attached hydrogens (tertiary/aromatic N) is 1. The molecule has 0 aliphatic carbocycles. The molecule has 0 radical (unpaired) electrons. The molecule has 6 heteroatoms. The van der Waals surface area contributed by atoms with Crippen LogP contribution in [-0.4, -0.2) is 17.5 Å². The fourth-order valence-electron chi connectivity index (χ4n) is 1.70. The molecule has 2 aromatic carbocycles. The number of rotatable bonds is 5. The van der Waals surface area contributed by atoms with Crippen LogP contribution in [-0.2, 0) is 4.79 Å². The standard InChI is InChI=1S/C15H13NO5/c1-11-6-2-4-8-13(11)20-10-15(17)21-14-9-5-3-7-12(14)16(18)19/h2-9H,10H2,1H3. The fraction of sp³-hybridized carbons (Fsp3) is 0.133. The zero-order valence-electron chi connectivity index (χ0n) is 11.3. The first-order chi connectivity index (χ1) is 10.1. The molecule has 0 spiro atoms. The molecule has 2 aromatic rings. The highest BCUT2D eigenvalue weighted by Crippen LogP contribution is 2.26. The average molecular weight is 287 g/mol. The molecule has 0 N–H and O–H groups in total. The van der Waals surface area contributed by atoms with E-state index in [9.17, 15) is 14.9 Å². The number of hydrogen-bond acceptors (Lipinski definition) is 5. The highest BCUT2D eigenvalue weighted by molar-refractivity contribution is 5.75. The average Bonchev–Trinajstić information content (AvgIpc) is 2.47. The quantitative estimate of drug-likeness (QED) is 0.365. The minimum Gasteiger partial charge on any atom is -0.482 e. The maximum Gasteiger partial charge on any atom is 0.349 e. The zero-order valence-corrected chi connectivity index (χ0v) is 11.3. The van der Waals surface area contributed by atoms with Crippen molar-refractivity contribution >= 4 is 11.7 Å². The lowest BCUT2D eigenvalue weighted by molar-refractivity contribution is -0.385. The van der Waals surface area contributed by atoms with Gasteiger partial charge in [0.25, 0.3) is 0 Å². The maximum absolute atomic E-state index is 11.7. The lowest BCUT2D eigenvalue weighted by Gasteiger charge is -2.08. The molecule has 6 nitrogen and oxygen atoms in total. The smallest absolute Gasteiger partial charge is 0.349 e. The van der Waals surface area contributed by atoms with Crippen LogP contribution in [0.1, 0.15) is 5.56 Å². The van der Waals surface area contributed by atoms with E-state index in [0.29, 0.717) is 5.75 Å². The number of hydrogen-bond donors (Lipinski definition) is 0. The monoisotopic (exact) mass is 287 g/mol. The summed E-state index contributed by atoms with van der Waals surface area (Å²) in [6.07, 6.45) is 0. The largest absolute Gasteiger partial charge is 0.482 e. The van der Waals surface area contributed by atoms with Crippen LogP contribution in [0.4, 0.5) is 5.69 Å². The van der Waals surface area contributed by atoms with Crippen LogP contribution in [0.15, 0.2) is 48.5 Å². The Hall–Kier alpha value is -2.89. The lowest BCUT2D eigenvalue weighted by Crippen LogP contribution is -2.18. The normalized spacial score (nSPS) is 9.95. The number of nitro groups is 1. The third kappa shape index (κ3) is 3.79. The molecule has 108 valence electrons. The Labute approximate surface area is 121 Å². The van der Waals surface area contributed by atoms with Crippen LogP contribution in [0, 0.1) is 17.0 Å². The fourth-order valence-corrected chi connectivity index (χ4v) is 1.70. The number of benzene rings is 2. The second-order valence-corrected chi connectivity index (χ2v) is 4.25. The van der Waals surface area contributed by atoms with Gasteiger partial charge in [-0.2, -0.15) is 0 Å².